The van der Waals surface area contributed by atoms with E-state index in [4.69, 9.17) is 10.8 Å². The maximum atomic E-state index is 10.8. The van der Waals surface area contributed by atoms with E-state index in [0.717, 1.165) is 0 Å². The highest BCUT2D eigenvalue weighted by Gasteiger charge is 2.02. The number of carbonyl (C=O) groups is 2. The molecule has 6 nitrogen and oxygen atoms in total. The van der Waals surface area contributed by atoms with Crippen molar-refractivity contribution >= 4 is 17.6 Å². The molecule has 0 aliphatic heterocycles. The minimum Gasteiger partial charge on any atom is -0.481 e. The van der Waals surface area contributed by atoms with Gasteiger partial charge >= 0.3 is 5.97 Å². The summed E-state index contributed by atoms with van der Waals surface area (Å²) in [6.07, 6.45) is 2.10. The molecule has 0 aromatic carbocycles. The maximum Gasteiger partial charge on any atom is 0.303 e. The van der Waals surface area contributed by atoms with E-state index in [9.17, 15) is 9.59 Å². The largest absolute Gasteiger partial charge is 0.481 e. The number of carboxylic acids is 1. The minimum absolute atomic E-state index is 0.112. The summed E-state index contributed by atoms with van der Waals surface area (Å²) in [7, 11) is 0. The first-order chi connectivity index (χ1) is 7.59. The molecule has 0 spiro atoms. The van der Waals surface area contributed by atoms with Crippen LogP contribution in [0.1, 0.15) is 23.3 Å². The van der Waals surface area contributed by atoms with Gasteiger partial charge in [-0.3, -0.25) is 14.6 Å². The summed E-state index contributed by atoms with van der Waals surface area (Å²) in [5, 5.41) is 11.4. The summed E-state index contributed by atoms with van der Waals surface area (Å²) in [6, 6.07) is 3.22. The van der Waals surface area contributed by atoms with Gasteiger partial charge in [0, 0.05) is 24.8 Å². The molecular formula is C10H13N3O3. The van der Waals surface area contributed by atoms with E-state index in [0.29, 0.717) is 18.7 Å². The van der Waals surface area contributed by atoms with Gasteiger partial charge in [0.1, 0.15) is 5.69 Å². The second-order valence-electron chi connectivity index (χ2n) is 3.22. The first-order valence-electron chi connectivity index (χ1n) is 4.81. The van der Waals surface area contributed by atoms with Crippen LogP contribution in [-0.2, 0) is 4.79 Å². The molecule has 0 saturated carbocycles. The van der Waals surface area contributed by atoms with Crippen LogP contribution in [0.4, 0.5) is 5.69 Å². The van der Waals surface area contributed by atoms with Gasteiger partial charge in [0.15, 0.2) is 0 Å². The summed E-state index contributed by atoms with van der Waals surface area (Å²) < 4.78 is 0. The first-order valence-corrected chi connectivity index (χ1v) is 4.81. The second-order valence-corrected chi connectivity index (χ2v) is 3.22. The molecule has 0 aliphatic rings. The molecular weight excluding hydrogens is 210 g/mol. The predicted molar refractivity (Wildman–Crippen MR) is 58.1 cm³/mol. The number of nitrogens with zero attached hydrogens (tertiary/aromatic N) is 1. The normalized spacial score (nSPS) is 9.75. The van der Waals surface area contributed by atoms with Crippen molar-refractivity contribution in [1.29, 1.82) is 0 Å². The lowest BCUT2D eigenvalue weighted by Crippen LogP contribution is -2.13. The number of nitrogens with two attached hydrogens (primary N) is 1. The average molecular weight is 223 g/mol. The SMILES string of the molecule is NC(=O)c1cc(NCCCC(=O)O)ccn1. The molecule has 1 aromatic heterocycles. The van der Waals surface area contributed by atoms with Gasteiger partial charge in [-0.2, -0.15) is 0 Å². The van der Waals surface area contributed by atoms with Gasteiger partial charge in [-0.05, 0) is 18.6 Å². The third-order valence-corrected chi connectivity index (χ3v) is 1.91. The van der Waals surface area contributed by atoms with Gasteiger partial charge in [0.05, 0.1) is 0 Å². The van der Waals surface area contributed by atoms with E-state index in [1.54, 1.807) is 6.07 Å². The van der Waals surface area contributed by atoms with Crippen LogP contribution >= 0.6 is 0 Å². The molecule has 1 aromatic rings. The smallest absolute Gasteiger partial charge is 0.303 e. The Labute approximate surface area is 92.5 Å². The lowest BCUT2D eigenvalue weighted by Gasteiger charge is -2.05. The average Bonchev–Trinajstić information content (AvgIpc) is 2.24. The van der Waals surface area contributed by atoms with Crippen LogP contribution in [0.25, 0.3) is 0 Å². The van der Waals surface area contributed by atoms with Crippen molar-refractivity contribution in [3.63, 3.8) is 0 Å². The van der Waals surface area contributed by atoms with Crippen molar-refractivity contribution in [3.05, 3.63) is 24.0 Å². The van der Waals surface area contributed by atoms with Crippen molar-refractivity contribution < 1.29 is 14.7 Å². The Kier molecular flexibility index (Phi) is 4.26. The lowest BCUT2D eigenvalue weighted by molar-refractivity contribution is -0.137. The highest BCUT2D eigenvalue weighted by Crippen LogP contribution is 2.07. The van der Waals surface area contributed by atoms with Gasteiger partial charge in [-0.25, -0.2) is 0 Å². The Morgan fingerprint density at radius 1 is 1.50 bits per heavy atom. The van der Waals surface area contributed by atoms with Gasteiger partial charge in [-0.15, -0.1) is 0 Å². The molecule has 0 aliphatic carbocycles. The summed E-state index contributed by atoms with van der Waals surface area (Å²) in [4.78, 5) is 24.9. The zero-order valence-corrected chi connectivity index (χ0v) is 8.64. The van der Waals surface area contributed by atoms with Crippen LogP contribution in [0.15, 0.2) is 18.3 Å². The van der Waals surface area contributed by atoms with Crippen molar-refractivity contribution in [2.24, 2.45) is 5.73 Å². The molecule has 86 valence electrons. The molecule has 1 rings (SSSR count). The maximum absolute atomic E-state index is 10.8. The summed E-state index contributed by atoms with van der Waals surface area (Å²) in [5.74, 6) is -1.41. The number of amides is 1. The van der Waals surface area contributed by atoms with Crippen LogP contribution in [0.3, 0.4) is 0 Å². The lowest BCUT2D eigenvalue weighted by atomic mass is 10.2. The van der Waals surface area contributed by atoms with Crippen molar-refractivity contribution in [2.75, 3.05) is 11.9 Å². The van der Waals surface area contributed by atoms with Crippen LogP contribution in [0.5, 0.6) is 0 Å². The highest BCUT2D eigenvalue weighted by atomic mass is 16.4. The monoisotopic (exact) mass is 223 g/mol. The fraction of sp³-hybridized carbons (Fsp3) is 0.300. The number of nitrogens with one attached hydrogen (secondary N) is 1. The molecule has 16 heavy (non-hydrogen) atoms. The van der Waals surface area contributed by atoms with Crippen molar-refractivity contribution in [1.82, 2.24) is 4.98 Å². The fourth-order valence-electron chi connectivity index (χ4n) is 1.15. The summed E-state index contributed by atoms with van der Waals surface area (Å²) >= 11 is 0. The van der Waals surface area contributed by atoms with E-state index in [1.165, 1.54) is 12.3 Å². The third kappa shape index (κ3) is 3.95. The number of aliphatic carboxylic acids is 1. The summed E-state index contributed by atoms with van der Waals surface area (Å²) in [6.45, 7) is 0.522. The molecule has 0 radical (unpaired) electrons. The van der Waals surface area contributed by atoms with Crippen molar-refractivity contribution in [2.45, 2.75) is 12.8 Å². The number of hydrogen-bond donors (Lipinski definition) is 3. The minimum atomic E-state index is -0.825. The van der Waals surface area contributed by atoms with E-state index in [2.05, 4.69) is 10.3 Å². The number of pyridine rings is 1. The van der Waals surface area contributed by atoms with Gasteiger partial charge in [0.2, 0.25) is 0 Å². The Hall–Kier alpha value is -2.11. The second kappa shape index (κ2) is 5.69. The number of aromatic nitrogens is 1. The number of carboxylic acid groups (broad SMARTS) is 1. The summed E-state index contributed by atoms with van der Waals surface area (Å²) in [5.41, 5.74) is 5.96. The van der Waals surface area contributed by atoms with Crippen LogP contribution < -0.4 is 11.1 Å². The number of anilines is 1. The quantitative estimate of drug-likeness (QED) is 0.607. The van der Waals surface area contributed by atoms with Gasteiger partial charge < -0.3 is 16.2 Å². The number of carbonyl (C=O) groups excluding carboxylic acids is 1. The Morgan fingerprint density at radius 2 is 2.25 bits per heavy atom. The molecule has 4 N–H and O–H groups in total. The molecule has 1 amide bonds. The fourth-order valence-corrected chi connectivity index (χ4v) is 1.15. The van der Waals surface area contributed by atoms with Crippen molar-refractivity contribution in [3.8, 4) is 0 Å². The number of primary amides is 1. The van der Waals surface area contributed by atoms with Crippen LogP contribution in [0.2, 0.25) is 0 Å². The van der Waals surface area contributed by atoms with E-state index < -0.39 is 11.9 Å². The highest BCUT2D eigenvalue weighted by molar-refractivity contribution is 5.91. The zero-order chi connectivity index (χ0) is 12.0. The third-order valence-electron chi connectivity index (χ3n) is 1.91. The molecule has 6 heteroatoms. The van der Waals surface area contributed by atoms with E-state index in [-0.39, 0.29) is 12.1 Å². The standard InChI is InChI=1S/C10H13N3O3/c11-10(16)8-6-7(3-5-13-8)12-4-1-2-9(14)15/h3,5-6H,1-2,4H2,(H2,11,16)(H,12,13)(H,14,15). The van der Waals surface area contributed by atoms with E-state index in [1.807, 2.05) is 0 Å². The predicted octanol–water partition coefficient (Wildman–Crippen LogP) is 0.457. The van der Waals surface area contributed by atoms with E-state index >= 15 is 0 Å². The van der Waals surface area contributed by atoms with Gasteiger partial charge in [-0.1, -0.05) is 0 Å². The Morgan fingerprint density at radius 3 is 2.88 bits per heavy atom. The molecule has 0 saturated heterocycles. The number of rotatable bonds is 6. The Bertz CT molecular complexity index is 393. The molecule has 0 fully saturated rings. The number of hydrogen-bond acceptors (Lipinski definition) is 4. The molecule has 0 atom stereocenters. The Balaban J connectivity index is 2.45. The first kappa shape index (κ1) is 12.0. The zero-order valence-electron chi connectivity index (χ0n) is 8.64. The molecule has 0 unspecified atom stereocenters. The molecule has 0 bridgehead atoms. The van der Waals surface area contributed by atoms with Crippen LogP contribution in [-0.4, -0.2) is 28.5 Å². The molecule has 1 heterocycles. The van der Waals surface area contributed by atoms with Gasteiger partial charge in [0.25, 0.3) is 5.91 Å². The van der Waals surface area contributed by atoms with Crippen LogP contribution in [0, 0.1) is 0 Å². The topological polar surface area (TPSA) is 105 Å².